The summed E-state index contributed by atoms with van der Waals surface area (Å²) in [6.07, 6.45) is -0.0778. The highest BCUT2D eigenvalue weighted by atomic mass is 35.5. The summed E-state index contributed by atoms with van der Waals surface area (Å²) >= 11 is 6.00. The van der Waals surface area contributed by atoms with Gasteiger partial charge in [0.05, 0.1) is 17.1 Å². The Morgan fingerprint density at radius 1 is 1.17 bits per heavy atom. The second-order valence-corrected chi connectivity index (χ2v) is 4.34. The van der Waals surface area contributed by atoms with E-state index in [-0.39, 0.29) is 6.42 Å². The van der Waals surface area contributed by atoms with E-state index in [0.717, 1.165) is 5.56 Å². The van der Waals surface area contributed by atoms with Crippen molar-refractivity contribution < 1.29 is 9.90 Å². The number of hydrogen-bond donors (Lipinski definition) is 2. The number of anilines is 1. The molecule has 0 bridgehead atoms. The number of nitrogen functional groups attached to an aromatic ring is 1. The highest BCUT2D eigenvalue weighted by Gasteiger charge is 2.13. The predicted molar refractivity (Wildman–Crippen MR) is 72.6 cm³/mol. The lowest BCUT2D eigenvalue weighted by atomic mass is 9.96. The third-order valence-electron chi connectivity index (χ3n) is 2.68. The third-order valence-corrected chi connectivity index (χ3v) is 3.01. The van der Waals surface area contributed by atoms with Crippen LogP contribution in [-0.4, -0.2) is 11.1 Å². The van der Waals surface area contributed by atoms with Crippen LogP contribution < -0.4 is 5.73 Å². The number of carbonyl (C=O) groups is 1. The second-order valence-electron chi connectivity index (χ2n) is 3.93. The molecular formula is C14H12ClNO2. The topological polar surface area (TPSA) is 63.3 Å². The standard InChI is InChI=1S/C14H12ClNO2/c15-11-7-6-10(8-12(17)18)13(14(11)16)9-4-2-1-3-5-9/h1-7H,8,16H2,(H,17,18). The van der Waals surface area contributed by atoms with Gasteiger partial charge < -0.3 is 10.8 Å². The molecule has 0 fully saturated rings. The van der Waals surface area contributed by atoms with Crippen LogP contribution in [0.25, 0.3) is 11.1 Å². The van der Waals surface area contributed by atoms with Gasteiger partial charge in [-0.25, -0.2) is 0 Å². The molecule has 0 saturated carbocycles. The van der Waals surface area contributed by atoms with E-state index in [1.54, 1.807) is 12.1 Å². The maximum Gasteiger partial charge on any atom is 0.307 e. The number of rotatable bonds is 3. The number of halogens is 1. The molecule has 0 aromatic heterocycles. The van der Waals surface area contributed by atoms with E-state index in [1.165, 1.54) is 0 Å². The molecule has 0 spiro atoms. The Kier molecular flexibility index (Phi) is 3.53. The molecule has 2 aromatic rings. The minimum absolute atomic E-state index is 0.0778. The molecular weight excluding hydrogens is 250 g/mol. The third kappa shape index (κ3) is 2.46. The molecule has 2 aromatic carbocycles. The molecule has 0 amide bonds. The molecule has 0 aliphatic heterocycles. The summed E-state index contributed by atoms with van der Waals surface area (Å²) < 4.78 is 0. The van der Waals surface area contributed by atoms with E-state index in [0.29, 0.717) is 21.8 Å². The average molecular weight is 262 g/mol. The number of carboxylic acid groups (broad SMARTS) is 1. The molecule has 2 rings (SSSR count). The van der Waals surface area contributed by atoms with Crippen LogP contribution in [0.1, 0.15) is 5.56 Å². The van der Waals surface area contributed by atoms with E-state index in [9.17, 15) is 4.79 Å². The summed E-state index contributed by atoms with van der Waals surface area (Å²) in [6, 6.07) is 12.7. The summed E-state index contributed by atoms with van der Waals surface area (Å²) in [4.78, 5) is 10.9. The van der Waals surface area contributed by atoms with Crippen molar-refractivity contribution in [2.45, 2.75) is 6.42 Å². The fourth-order valence-electron chi connectivity index (χ4n) is 1.90. The molecule has 18 heavy (non-hydrogen) atoms. The Hall–Kier alpha value is -2.00. The Bertz CT molecular complexity index is 582. The first-order valence-corrected chi connectivity index (χ1v) is 5.81. The molecule has 0 atom stereocenters. The number of aliphatic carboxylic acids is 1. The molecule has 3 nitrogen and oxygen atoms in total. The minimum Gasteiger partial charge on any atom is -0.481 e. The fraction of sp³-hybridized carbons (Fsp3) is 0.0714. The Labute approximate surface area is 110 Å². The largest absolute Gasteiger partial charge is 0.481 e. The zero-order valence-corrected chi connectivity index (χ0v) is 10.3. The van der Waals surface area contributed by atoms with Crippen molar-refractivity contribution >= 4 is 23.3 Å². The number of benzene rings is 2. The predicted octanol–water partition coefficient (Wildman–Crippen LogP) is 3.22. The van der Waals surface area contributed by atoms with Gasteiger partial charge in [0.25, 0.3) is 0 Å². The molecule has 92 valence electrons. The maximum absolute atomic E-state index is 10.9. The number of hydrogen-bond acceptors (Lipinski definition) is 2. The van der Waals surface area contributed by atoms with Crippen LogP contribution >= 0.6 is 11.6 Å². The molecule has 0 unspecified atom stereocenters. The van der Waals surface area contributed by atoms with Gasteiger partial charge in [-0.3, -0.25) is 4.79 Å². The molecule has 0 radical (unpaired) electrons. The van der Waals surface area contributed by atoms with Gasteiger partial charge in [-0.15, -0.1) is 0 Å². The summed E-state index contributed by atoms with van der Waals surface area (Å²) in [5, 5.41) is 9.36. The summed E-state index contributed by atoms with van der Waals surface area (Å²) in [5.74, 6) is -0.895. The van der Waals surface area contributed by atoms with E-state index in [1.807, 2.05) is 30.3 Å². The van der Waals surface area contributed by atoms with Crippen molar-refractivity contribution in [3.05, 3.63) is 53.1 Å². The zero-order chi connectivity index (χ0) is 13.1. The van der Waals surface area contributed by atoms with E-state index >= 15 is 0 Å². The van der Waals surface area contributed by atoms with Crippen molar-refractivity contribution in [2.75, 3.05) is 5.73 Å². The van der Waals surface area contributed by atoms with Crippen LogP contribution in [0.4, 0.5) is 5.69 Å². The van der Waals surface area contributed by atoms with Crippen LogP contribution in [0.5, 0.6) is 0 Å². The SMILES string of the molecule is Nc1c(Cl)ccc(CC(=O)O)c1-c1ccccc1. The Balaban J connectivity index is 2.62. The van der Waals surface area contributed by atoms with Crippen LogP contribution in [-0.2, 0) is 11.2 Å². The molecule has 0 saturated heterocycles. The van der Waals surface area contributed by atoms with Gasteiger partial charge >= 0.3 is 5.97 Å². The normalized spacial score (nSPS) is 10.3. The number of nitrogens with two attached hydrogens (primary N) is 1. The van der Waals surface area contributed by atoms with Crippen molar-refractivity contribution in [1.82, 2.24) is 0 Å². The van der Waals surface area contributed by atoms with Gasteiger partial charge in [0.15, 0.2) is 0 Å². The molecule has 0 heterocycles. The lowest BCUT2D eigenvalue weighted by Crippen LogP contribution is -2.04. The van der Waals surface area contributed by atoms with Gasteiger partial charge in [0.1, 0.15) is 0 Å². The molecule has 0 aliphatic rings. The smallest absolute Gasteiger partial charge is 0.307 e. The second kappa shape index (κ2) is 5.10. The first kappa shape index (κ1) is 12.5. The summed E-state index contributed by atoms with van der Waals surface area (Å²) in [5.41, 5.74) is 8.62. The first-order chi connectivity index (χ1) is 8.59. The van der Waals surface area contributed by atoms with Gasteiger partial charge in [-0.2, -0.15) is 0 Å². The van der Waals surface area contributed by atoms with E-state index < -0.39 is 5.97 Å². The van der Waals surface area contributed by atoms with E-state index in [2.05, 4.69) is 0 Å². The van der Waals surface area contributed by atoms with Crippen molar-refractivity contribution in [1.29, 1.82) is 0 Å². The van der Waals surface area contributed by atoms with Gasteiger partial charge in [0.2, 0.25) is 0 Å². The van der Waals surface area contributed by atoms with Crippen LogP contribution in [0.2, 0.25) is 5.02 Å². The van der Waals surface area contributed by atoms with Crippen molar-refractivity contribution in [2.24, 2.45) is 0 Å². The highest BCUT2D eigenvalue weighted by Crippen LogP contribution is 2.35. The fourth-order valence-corrected chi connectivity index (χ4v) is 2.05. The number of carboxylic acids is 1. The monoisotopic (exact) mass is 261 g/mol. The Morgan fingerprint density at radius 2 is 1.83 bits per heavy atom. The first-order valence-electron chi connectivity index (χ1n) is 5.43. The van der Waals surface area contributed by atoms with Crippen molar-refractivity contribution in [3.63, 3.8) is 0 Å². The molecule has 0 aliphatic carbocycles. The average Bonchev–Trinajstić information content (AvgIpc) is 2.35. The van der Waals surface area contributed by atoms with Crippen LogP contribution in [0.15, 0.2) is 42.5 Å². The van der Waals surface area contributed by atoms with Crippen LogP contribution in [0, 0.1) is 0 Å². The Morgan fingerprint density at radius 3 is 2.44 bits per heavy atom. The van der Waals surface area contributed by atoms with Gasteiger partial charge in [-0.05, 0) is 17.2 Å². The lowest BCUT2D eigenvalue weighted by molar-refractivity contribution is -0.136. The zero-order valence-electron chi connectivity index (χ0n) is 9.56. The van der Waals surface area contributed by atoms with Crippen molar-refractivity contribution in [3.8, 4) is 11.1 Å². The quantitative estimate of drug-likeness (QED) is 0.834. The van der Waals surface area contributed by atoms with Gasteiger partial charge in [0, 0.05) is 5.56 Å². The van der Waals surface area contributed by atoms with E-state index in [4.69, 9.17) is 22.4 Å². The highest BCUT2D eigenvalue weighted by molar-refractivity contribution is 6.33. The lowest BCUT2D eigenvalue weighted by Gasteiger charge is -2.12. The minimum atomic E-state index is -0.895. The molecule has 4 heteroatoms. The molecule has 3 N–H and O–H groups in total. The van der Waals surface area contributed by atoms with Gasteiger partial charge in [-0.1, -0.05) is 48.0 Å². The maximum atomic E-state index is 10.9. The summed E-state index contributed by atoms with van der Waals surface area (Å²) in [6.45, 7) is 0. The van der Waals surface area contributed by atoms with Crippen LogP contribution in [0.3, 0.4) is 0 Å². The summed E-state index contributed by atoms with van der Waals surface area (Å²) in [7, 11) is 0.